The van der Waals surface area contributed by atoms with Gasteiger partial charge in [0.25, 0.3) is 10.0 Å². The van der Waals surface area contributed by atoms with Crippen LogP contribution in [-0.2, 0) is 10.0 Å². The quantitative estimate of drug-likeness (QED) is 0.918. The fourth-order valence-electron chi connectivity index (χ4n) is 2.05. The lowest BCUT2D eigenvalue weighted by Gasteiger charge is -2.23. The molecule has 0 aliphatic carbocycles. The van der Waals surface area contributed by atoms with Gasteiger partial charge in [-0.15, -0.1) is 0 Å². The number of sulfonamides is 1. The van der Waals surface area contributed by atoms with Gasteiger partial charge in [0, 0.05) is 6.54 Å². The second-order valence-corrected chi connectivity index (χ2v) is 6.29. The zero-order chi connectivity index (χ0) is 16.3. The van der Waals surface area contributed by atoms with Crippen molar-refractivity contribution in [2.75, 3.05) is 10.8 Å². The van der Waals surface area contributed by atoms with Crippen LogP contribution in [-0.4, -0.2) is 26.0 Å². The summed E-state index contributed by atoms with van der Waals surface area (Å²) in [4.78, 5) is 10.2. The van der Waals surface area contributed by atoms with E-state index in [-0.39, 0.29) is 12.1 Å². The Morgan fingerprint density at radius 3 is 2.32 bits per heavy atom. The Labute approximate surface area is 127 Å². The van der Waals surface area contributed by atoms with Crippen molar-refractivity contribution in [3.05, 3.63) is 59.9 Å². The first kappa shape index (κ1) is 16.0. The highest BCUT2D eigenvalue weighted by atomic mass is 32.2. The van der Waals surface area contributed by atoms with Crippen LogP contribution < -0.4 is 4.31 Å². The first-order valence-corrected chi connectivity index (χ1v) is 7.92. The van der Waals surface area contributed by atoms with Gasteiger partial charge < -0.3 is 5.11 Å². The molecule has 0 spiro atoms. The number of carbonyl (C=O) groups is 1. The number of nitrogens with zero attached hydrogens (tertiary/aromatic N) is 1. The molecule has 0 saturated carbocycles. The number of hydrogen-bond donors (Lipinski definition) is 1. The average molecular weight is 323 g/mol. The van der Waals surface area contributed by atoms with E-state index in [0.717, 1.165) is 16.4 Å². The number of carboxylic acids is 1. The van der Waals surface area contributed by atoms with Crippen molar-refractivity contribution in [2.45, 2.75) is 11.8 Å². The standard InChI is InChI=1S/C15H14FNO4S/c1-2-17(12-6-4-3-5-7-12)22(20,21)14-9-8-11(15(18)19)10-13(14)16/h3-10H,2H2,1H3,(H,18,19). The van der Waals surface area contributed by atoms with Gasteiger partial charge in [0.15, 0.2) is 0 Å². The van der Waals surface area contributed by atoms with Crippen molar-refractivity contribution in [3.8, 4) is 0 Å². The lowest BCUT2D eigenvalue weighted by molar-refractivity contribution is 0.0696. The third-order valence-electron chi connectivity index (χ3n) is 3.08. The van der Waals surface area contributed by atoms with E-state index in [0.29, 0.717) is 11.8 Å². The molecule has 2 rings (SSSR count). The molecule has 0 aliphatic heterocycles. The van der Waals surface area contributed by atoms with Crippen molar-refractivity contribution in [2.24, 2.45) is 0 Å². The van der Waals surface area contributed by atoms with Crippen LogP contribution in [0.5, 0.6) is 0 Å². The molecular weight excluding hydrogens is 309 g/mol. The second kappa shape index (κ2) is 6.15. The summed E-state index contributed by atoms with van der Waals surface area (Å²) in [5.41, 5.74) is 0.103. The molecule has 0 aliphatic rings. The first-order valence-electron chi connectivity index (χ1n) is 6.48. The maximum absolute atomic E-state index is 14.0. The highest BCUT2D eigenvalue weighted by Crippen LogP contribution is 2.25. The van der Waals surface area contributed by atoms with E-state index >= 15 is 0 Å². The number of benzene rings is 2. The van der Waals surface area contributed by atoms with Gasteiger partial charge in [-0.25, -0.2) is 17.6 Å². The van der Waals surface area contributed by atoms with Crippen molar-refractivity contribution < 1.29 is 22.7 Å². The Balaban J connectivity index is 2.52. The summed E-state index contributed by atoms with van der Waals surface area (Å²) in [5.74, 6) is -2.41. The summed E-state index contributed by atoms with van der Waals surface area (Å²) in [5, 5.41) is 8.81. The van der Waals surface area contributed by atoms with Gasteiger partial charge in [-0.3, -0.25) is 4.31 Å². The normalized spacial score (nSPS) is 11.2. The molecule has 0 unspecified atom stereocenters. The summed E-state index contributed by atoms with van der Waals surface area (Å²) < 4.78 is 40.3. The van der Waals surface area contributed by atoms with Gasteiger partial charge in [0.05, 0.1) is 11.3 Å². The molecule has 0 saturated heterocycles. The zero-order valence-electron chi connectivity index (χ0n) is 11.7. The zero-order valence-corrected chi connectivity index (χ0v) is 12.5. The van der Waals surface area contributed by atoms with Crippen LogP contribution in [0.3, 0.4) is 0 Å². The molecule has 0 aromatic heterocycles. The van der Waals surface area contributed by atoms with E-state index in [1.54, 1.807) is 37.3 Å². The maximum atomic E-state index is 14.0. The molecular formula is C15H14FNO4S. The number of para-hydroxylation sites is 1. The van der Waals surface area contributed by atoms with E-state index in [2.05, 4.69) is 0 Å². The molecule has 0 fully saturated rings. The molecule has 0 amide bonds. The predicted molar refractivity (Wildman–Crippen MR) is 80.0 cm³/mol. The minimum atomic E-state index is -4.11. The molecule has 0 atom stereocenters. The number of anilines is 1. The number of carboxylic acid groups (broad SMARTS) is 1. The Bertz CT molecular complexity index is 790. The van der Waals surface area contributed by atoms with Crippen LogP contribution in [0.15, 0.2) is 53.4 Å². The Morgan fingerprint density at radius 1 is 1.18 bits per heavy atom. The average Bonchev–Trinajstić information content (AvgIpc) is 2.48. The summed E-state index contributed by atoms with van der Waals surface area (Å²) >= 11 is 0. The van der Waals surface area contributed by atoms with Gasteiger partial charge in [-0.2, -0.15) is 0 Å². The third-order valence-corrected chi connectivity index (χ3v) is 5.01. The topological polar surface area (TPSA) is 74.7 Å². The fraction of sp³-hybridized carbons (Fsp3) is 0.133. The highest BCUT2D eigenvalue weighted by Gasteiger charge is 2.27. The number of rotatable bonds is 5. The van der Waals surface area contributed by atoms with Gasteiger partial charge in [-0.05, 0) is 37.3 Å². The number of aromatic carboxylic acids is 1. The minimum absolute atomic E-state index is 0.118. The van der Waals surface area contributed by atoms with Crippen LogP contribution in [0, 0.1) is 5.82 Å². The lowest BCUT2D eigenvalue weighted by Crippen LogP contribution is -2.31. The summed E-state index contributed by atoms with van der Waals surface area (Å²) in [6, 6.07) is 11.0. The molecule has 2 aromatic carbocycles. The van der Waals surface area contributed by atoms with Crippen molar-refractivity contribution in [1.29, 1.82) is 0 Å². The molecule has 7 heteroatoms. The molecule has 2 aromatic rings. The van der Waals surface area contributed by atoms with Gasteiger partial charge >= 0.3 is 5.97 Å². The van der Waals surface area contributed by atoms with E-state index in [4.69, 9.17) is 5.11 Å². The van der Waals surface area contributed by atoms with Crippen LogP contribution in [0.4, 0.5) is 10.1 Å². The van der Waals surface area contributed by atoms with Crippen LogP contribution in [0.1, 0.15) is 17.3 Å². The lowest BCUT2D eigenvalue weighted by atomic mass is 10.2. The summed E-state index contributed by atoms with van der Waals surface area (Å²) in [7, 11) is -4.11. The maximum Gasteiger partial charge on any atom is 0.335 e. The molecule has 1 N–H and O–H groups in total. The van der Waals surface area contributed by atoms with Crippen LogP contribution >= 0.6 is 0 Å². The summed E-state index contributed by atoms with van der Waals surface area (Å²) in [6.07, 6.45) is 0. The molecule has 0 heterocycles. The van der Waals surface area contributed by atoms with Crippen molar-refractivity contribution >= 4 is 21.7 Å². The fourth-order valence-corrected chi connectivity index (χ4v) is 3.57. The number of hydrogen-bond acceptors (Lipinski definition) is 3. The molecule has 22 heavy (non-hydrogen) atoms. The van der Waals surface area contributed by atoms with E-state index in [1.807, 2.05) is 0 Å². The van der Waals surface area contributed by atoms with Gasteiger partial charge in [0.1, 0.15) is 10.7 Å². The highest BCUT2D eigenvalue weighted by molar-refractivity contribution is 7.92. The van der Waals surface area contributed by atoms with E-state index < -0.39 is 26.7 Å². The Morgan fingerprint density at radius 2 is 1.82 bits per heavy atom. The molecule has 0 radical (unpaired) electrons. The molecule has 116 valence electrons. The molecule has 0 bridgehead atoms. The largest absolute Gasteiger partial charge is 0.478 e. The Hall–Kier alpha value is -2.41. The first-order chi connectivity index (χ1) is 10.4. The van der Waals surface area contributed by atoms with Gasteiger partial charge in [-0.1, -0.05) is 18.2 Å². The third kappa shape index (κ3) is 2.94. The minimum Gasteiger partial charge on any atom is -0.478 e. The van der Waals surface area contributed by atoms with E-state index in [1.165, 1.54) is 0 Å². The monoisotopic (exact) mass is 323 g/mol. The second-order valence-electron chi connectivity index (χ2n) is 4.46. The Kier molecular flexibility index (Phi) is 4.46. The number of halogens is 1. The van der Waals surface area contributed by atoms with Crippen molar-refractivity contribution in [1.82, 2.24) is 0 Å². The van der Waals surface area contributed by atoms with Crippen LogP contribution in [0.2, 0.25) is 0 Å². The SMILES string of the molecule is CCN(c1ccccc1)S(=O)(=O)c1ccc(C(=O)O)cc1F. The predicted octanol–water partition coefficient (Wildman–Crippen LogP) is 2.74. The molecule has 5 nitrogen and oxygen atoms in total. The smallest absolute Gasteiger partial charge is 0.335 e. The summed E-state index contributed by atoms with van der Waals surface area (Å²) in [6.45, 7) is 1.75. The van der Waals surface area contributed by atoms with Crippen molar-refractivity contribution in [3.63, 3.8) is 0 Å². The van der Waals surface area contributed by atoms with E-state index in [9.17, 15) is 17.6 Å². The van der Waals surface area contributed by atoms with Gasteiger partial charge in [0.2, 0.25) is 0 Å². The van der Waals surface area contributed by atoms with Crippen LogP contribution in [0.25, 0.3) is 0 Å².